The Balaban J connectivity index is 1.56. The van der Waals surface area contributed by atoms with Crippen LogP contribution in [0, 0.1) is 5.92 Å². The standard InChI is InChI=1S/C20H22N4O2/c1-12-6-16(4-5-25)21-11-17(12)18-7-14-10-23-19(8-15(14)9-22-18)24-20(26)13-2-3-13/h6-11,13,16,21,25H,2-5H2,1H3,(H,23,24,26). The van der Waals surface area contributed by atoms with Crippen molar-refractivity contribution in [1.29, 1.82) is 0 Å². The fourth-order valence-corrected chi connectivity index (χ4v) is 3.15. The Morgan fingerprint density at radius 3 is 2.77 bits per heavy atom. The van der Waals surface area contributed by atoms with Gasteiger partial charge in [0.25, 0.3) is 0 Å². The van der Waals surface area contributed by atoms with Crippen LogP contribution < -0.4 is 10.6 Å². The van der Waals surface area contributed by atoms with Crippen LogP contribution in [0.2, 0.25) is 0 Å². The van der Waals surface area contributed by atoms with Crippen LogP contribution in [0.3, 0.4) is 0 Å². The van der Waals surface area contributed by atoms with E-state index in [9.17, 15) is 4.79 Å². The molecule has 4 rings (SSSR count). The number of fused-ring (bicyclic) bond motifs is 1. The van der Waals surface area contributed by atoms with Gasteiger partial charge in [-0.2, -0.15) is 0 Å². The van der Waals surface area contributed by atoms with Gasteiger partial charge in [0.1, 0.15) is 5.82 Å². The topological polar surface area (TPSA) is 87.1 Å². The van der Waals surface area contributed by atoms with E-state index < -0.39 is 0 Å². The van der Waals surface area contributed by atoms with E-state index in [2.05, 4.69) is 33.6 Å². The second-order valence-corrected chi connectivity index (χ2v) is 6.94. The molecule has 0 spiro atoms. The average Bonchev–Trinajstić information content (AvgIpc) is 3.47. The Hall–Kier alpha value is -2.73. The zero-order valence-electron chi connectivity index (χ0n) is 14.7. The molecule has 2 aliphatic rings. The molecule has 3 N–H and O–H groups in total. The van der Waals surface area contributed by atoms with E-state index in [4.69, 9.17) is 5.11 Å². The lowest BCUT2D eigenvalue weighted by molar-refractivity contribution is -0.117. The number of aliphatic hydroxyl groups excluding tert-OH is 1. The third kappa shape index (κ3) is 3.46. The zero-order chi connectivity index (χ0) is 18.1. The van der Waals surface area contributed by atoms with Gasteiger partial charge >= 0.3 is 0 Å². The van der Waals surface area contributed by atoms with Crippen LogP contribution in [0.5, 0.6) is 0 Å². The van der Waals surface area contributed by atoms with E-state index in [1.807, 2.05) is 24.5 Å². The van der Waals surface area contributed by atoms with Crippen molar-refractivity contribution in [3.8, 4) is 0 Å². The summed E-state index contributed by atoms with van der Waals surface area (Å²) < 4.78 is 0. The highest BCUT2D eigenvalue weighted by atomic mass is 16.3. The first-order chi connectivity index (χ1) is 12.6. The number of aliphatic hydroxyl groups is 1. The van der Waals surface area contributed by atoms with E-state index in [-0.39, 0.29) is 24.5 Å². The van der Waals surface area contributed by atoms with Gasteiger partial charge in [0.2, 0.25) is 5.91 Å². The first-order valence-electron chi connectivity index (χ1n) is 8.97. The van der Waals surface area contributed by atoms with Crippen molar-refractivity contribution < 1.29 is 9.90 Å². The Morgan fingerprint density at radius 2 is 2.04 bits per heavy atom. The maximum atomic E-state index is 11.9. The van der Waals surface area contributed by atoms with Crippen molar-refractivity contribution in [2.75, 3.05) is 11.9 Å². The summed E-state index contributed by atoms with van der Waals surface area (Å²) >= 11 is 0. The van der Waals surface area contributed by atoms with E-state index in [1.165, 1.54) is 0 Å². The summed E-state index contributed by atoms with van der Waals surface area (Å²) in [5.74, 6) is 0.784. The van der Waals surface area contributed by atoms with Crippen molar-refractivity contribution in [2.24, 2.45) is 5.92 Å². The molecule has 3 heterocycles. The van der Waals surface area contributed by atoms with Crippen LogP contribution in [0.15, 0.2) is 42.4 Å². The van der Waals surface area contributed by atoms with Gasteiger partial charge in [-0.15, -0.1) is 0 Å². The molecule has 2 aromatic heterocycles. The number of anilines is 1. The minimum atomic E-state index is 0.0538. The number of amides is 1. The van der Waals surface area contributed by atoms with Gasteiger partial charge in [0.05, 0.1) is 5.69 Å². The Labute approximate surface area is 152 Å². The van der Waals surface area contributed by atoms with Crippen molar-refractivity contribution in [3.63, 3.8) is 0 Å². The van der Waals surface area contributed by atoms with Gasteiger partial charge in [0, 0.05) is 53.5 Å². The zero-order valence-corrected chi connectivity index (χ0v) is 14.7. The molecule has 2 aromatic rings. The summed E-state index contributed by atoms with van der Waals surface area (Å²) in [4.78, 5) is 20.8. The molecule has 1 fully saturated rings. The third-order valence-corrected chi connectivity index (χ3v) is 4.84. The fourth-order valence-electron chi connectivity index (χ4n) is 3.15. The predicted molar refractivity (Wildman–Crippen MR) is 101 cm³/mol. The minimum Gasteiger partial charge on any atom is -0.396 e. The quantitative estimate of drug-likeness (QED) is 0.772. The number of nitrogens with one attached hydrogen (secondary N) is 2. The lowest BCUT2D eigenvalue weighted by Crippen LogP contribution is -2.27. The summed E-state index contributed by atoms with van der Waals surface area (Å²) in [6.07, 6.45) is 10.3. The van der Waals surface area contributed by atoms with E-state index in [0.29, 0.717) is 12.2 Å². The predicted octanol–water partition coefficient (Wildman–Crippen LogP) is 2.62. The molecular formula is C20H22N4O2. The van der Waals surface area contributed by atoms with Gasteiger partial charge in [-0.3, -0.25) is 9.78 Å². The van der Waals surface area contributed by atoms with Crippen molar-refractivity contribution in [3.05, 3.63) is 48.1 Å². The molecule has 26 heavy (non-hydrogen) atoms. The number of rotatable bonds is 5. The van der Waals surface area contributed by atoms with E-state index >= 15 is 0 Å². The van der Waals surface area contributed by atoms with Crippen LogP contribution in [0.25, 0.3) is 16.3 Å². The number of allylic oxidation sites excluding steroid dienone is 2. The lowest BCUT2D eigenvalue weighted by atomic mass is 9.97. The van der Waals surface area contributed by atoms with Gasteiger partial charge in [-0.25, -0.2) is 4.98 Å². The maximum absolute atomic E-state index is 11.9. The van der Waals surface area contributed by atoms with Crippen molar-refractivity contribution in [2.45, 2.75) is 32.2 Å². The number of carbonyl (C=O) groups excluding carboxylic acids is 1. The van der Waals surface area contributed by atoms with Crippen LogP contribution in [-0.2, 0) is 4.79 Å². The summed E-state index contributed by atoms with van der Waals surface area (Å²) in [6.45, 7) is 2.21. The molecule has 1 unspecified atom stereocenters. The summed E-state index contributed by atoms with van der Waals surface area (Å²) in [7, 11) is 0. The number of hydrogen-bond acceptors (Lipinski definition) is 5. The monoisotopic (exact) mass is 350 g/mol. The number of dihydropyridines is 1. The molecular weight excluding hydrogens is 328 g/mol. The summed E-state index contributed by atoms with van der Waals surface area (Å²) in [6, 6.07) is 4.02. The SMILES string of the molecule is CC1=CC(CCO)NC=C1c1cc2cnc(NC(=O)C3CC3)cc2cn1. The first-order valence-corrected chi connectivity index (χ1v) is 8.97. The molecule has 0 radical (unpaired) electrons. The molecule has 6 nitrogen and oxygen atoms in total. The molecule has 134 valence electrons. The molecule has 6 heteroatoms. The lowest BCUT2D eigenvalue weighted by Gasteiger charge is -2.21. The highest BCUT2D eigenvalue weighted by Gasteiger charge is 2.29. The van der Waals surface area contributed by atoms with E-state index in [0.717, 1.165) is 40.5 Å². The van der Waals surface area contributed by atoms with Crippen LogP contribution in [-0.4, -0.2) is 33.6 Å². The van der Waals surface area contributed by atoms with E-state index in [1.54, 1.807) is 6.20 Å². The molecule has 1 atom stereocenters. The number of hydrogen-bond donors (Lipinski definition) is 3. The first kappa shape index (κ1) is 16.7. The van der Waals surface area contributed by atoms with Gasteiger partial charge in [0.15, 0.2) is 0 Å². The number of pyridine rings is 2. The average molecular weight is 350 g/mol. The number of carbonyl (C=O) groups is 1. The smallest absolute Gasteiger partial charge is 0.228 e. The molecule has 0 bridgehead atoms. The molecule has 0 aromatic carbocycles. The Morgan fingerprint density at radius 1 is 1.27 bits per heavy atom. The summed E-state index contributed by atoms with van der Waals surface area (Å²) in [5.41, 5.74) is 3.04. The van der Waals surface area contributed by atoms with Crippen molar-refractivity contribution in [1.82, 2.24) is 15.3 Å². The largest absolute Gasteiger partial charge is 0.396 e. The number of aromatic nitrogens is 2. The normalized spacial score (nSPS) is 19.5. The van der Waals surface area contributed by atoms with Crippen molar-refractivity contribution >= 4 is 28.1 Å². The van der Waals surface area contributed by atoms with Gasteiger partial charge < -0.3 is 15.7 Å². The van der Waals surface area contributed by atoms with Crippen LogP contribution in [0.1, 0.15) is 31.9 Å². The third-order valence-electron chi connectivity index (χ3n) is 4.84. The highest BCUT2D eigenvalue weighted by molar-refractivity contribution is 5.95. The van der Waals surface area contributed by atoms with Gasteiger partial charge in [-0.05, 0) is 43.9 Å². The second kappa shape index (κ2) is 6.88. The fraction of sp³-hybridized carbons (Fsp3) is 0.350. The van der Waals surface area contributed by atoms with Crippen LogP contribution in [0.4, 0.5) is 5.82 Å². The minimum absolute atomic E-state index is 0.0538. The second-order valence-electron chi connectivity index (χ2n) is 6.94. The molecule has 1 aliphatic carbocycles. The van der Waals surface area contributed by atoms with Gasteiger partial charge in [-0.1, -0.05) is 6.08 Å². The maximum Gasteiger partial charge on any atom is 0.228 e. The molecule has 1 amide bonds. The Kier molecular flexibility index (Phi) is 4.42. The number of nitrogens with zero attached hydrogens (tertiary/aromatic N) is 2. The Bertz CT molecular complexity index is 915. The van der Waals surface area contributed by atoms with Crippen LogP contribution >= 0.6 is 0 Å². The molecule has 1 saturated carbocycles. The molecule has 1 aliphatic heterocycles. The molecule has 0 saturated heterocycles. The highest BCUT2D eigenvalue weighted by Crippen LogP contribution is 2.30. The summed E-state index contributed by atoms with van der Waals surface area (Å²) in [5, 5.41) is 17.2.